The highest BCUT2D eigenvalue weighted by Crippen LogP contribution is 2.59. The number of aryl methyl sites for hydroxylation is 1. The summed E-state index contributed by atoms with van der Waals surface area (Å²) in [4.78, 5) is 13.3. The van der Waals surface area contributed by atoms with Crippen LogP contribution in [0.1, 0.15) is 37.6 Å². The monoisotopic (exact) mass is 543 g/mol. The average Bonchev–Trinajstić information content (AvgIpc) is 3.32. The summed E-state index contributed by atoms with van der Waals surface area (Å²) >= 11 is 6.20. The predicted octanol–water partition coefficient (Wildman–Crippen LogP) is 4.96. The number of sulfone groups is 1. The Morgan fingerprint density at radius 1 is 1.14 bits per heavy atom. The molecule has 0 bridgehead atoms. The number of nitrogens with zero attached hydrogens (tertiary/aromatic N) is 3. The van der Waals surface area contributed by atoms with Gasteiger partial charge in [-0.25, -0.2) is 13.1 Å². The van der Waals surface area contributed by atoms with Gasteiger partial charge < -0.3 is 4.90 Å². The minimum absolute atomic E-state index is 0.0761. The van der Waals surface area contributed by atoms with E-state index in [0.717, 1.165) is 27.8 Å². The topological polar surface area (TPSA) is 72.3 Å². The van der Waals surface area contributed by atoms with Crippen molar-refractivity contribution in [2.45, 2.75) is 61.6 Å². The Morgan fingerprint density at radius 2 is 1.77 bits per heavy atom. The predicted molar refractivity (Wildman–Crippen MR) is 113 cm³/mol. The highest BCUT2D eigenvalue weighted by atomic mass is 35.5. The summed E-state index contributed by atoms with van der Waals surface area (Å²) in [5, 5.41) is 2.03. The van der Waals surface area contributed by atoms with Crippen LogP contribution in [0.4, 0.5) is 26.3 Å². The number of hydrogen-bond acceptors (Lipinski definition) is 4. The van der Waals surface area contributed by atoms with Crippen LogP contribution >= 0.6 is 11.6 Å². The molecule has 14 heteroatoms. The molecule has 0 radical (unpaired) electrons. The van der Waals surface area contributed by atoms with E-state index in [9.17, 15) is 39.6 Å². The smallest absolute Gasteiger partial charge is 0.338 e. The van der Waals surface area contributed by atoms with Gasteiger partial charge >= 0.3 is 12.4 Å². The fourth-order valence-corrected chi connectivity index (χ4v) is 6.75. The molecule has 1 amide bonds. The molecule has 2 atom stereocenters. The van der Waals surface area contributed by atoms with Crippen molar-refractivity contribution < 1.29 is 39.6 Å². The van der Waals surface area contributed by atoms with Crippen molar-refractivity contribution in [3.8, 4) is 5.69 Å². The number of benzene rings is 1. The molecular weight excluding hydrogens is 524 g/mol. The fourth-order valence-electron chi connectivity index (χ4n) is 4.41. The number of carbonyl (C=O) groups is 1. The van der Waals surface area contributed by atoms with Gasteiger partial charge in [0.05, 0.1) is 20.9 Å². The van der Waals surface area contributed by atoms with E-state index in [0.29, 0.717) is 0 Å². The Hall–Kier alpha value is -2.28. The van der Waals surface area contributed by atoms with Gasteiger partial charge in [-0.15, -0.1) is 0 Å². The first-order valence-corrected chi connectivity index (χ1v) is 12.5. The zero-order valence-electron chi connectivity index (χ0n) is 18.4. The van der Waals surface area contributed by atoms with E-state index in [-0.39, 0.29) is 40.6 Å². The molecule has 0 N–H and O–H groups in total. The van der Waals surface area contributed by atoms with Gasteiger partial charge in [-0.05, 0) is 57.4 Å². The molecule has 4 rings (SSSR count). The van der Waals surface area contributed by atoms with Crippen molar-refractivity contribution in [2.24, 2.45) is 5.41 Å². The first-order valence-electron chi connectivity index (χ1n) is 10.5. The third-order valence-corrected chi connectivity index (χ3v) is 9.20. The number of hydrogen-bond donors (Lipinski definition) is 0. The number of aromatic nitrogens is 2. The molecule has 2 aliphatic rings. The minimum atomic E-state index is -4.71. The Kier molecular flexibility index (Phi) is 5.99. The Bertz CT molecular complexity index is 1280. The third kappa shape index (κ3) is 4.30. The Labute approximate surface area is 201 Å². The lowest BCUT2D eigenvalue weighted by atomic mass is 10.0. The van der Waals surface area contributed by atoms with Crippen LogP contribution in [0.3, 0.4) is 0 Å². The van der Waals surface area contributed by atoms with Crippen molar-refractivity contribution in [1.29, 1.82) is 0 Å². The molecule has 2 aromatic rings. The Morgan fingerprint density at radius 3 is 2.26 bits per heavy atom. The van der Waals surface area contributed by atoms with Gasteiger partial charge in [-0.1, -0.05) is 11.6 Å². The van der Waals surface area contributed by atoms with Crippen molar-refractivity contribution in [3.63, 3.8) is 0 Å². The fraction of sp³-hybridized carbons (Fsp3) is 0.524. The van der Waals surface area contributed by atoms with Gasteiger partial charge in [0.25, 0.3) is 0 Å². The second kappa shape index (κ2) is 8.12. The van der Waals surface area contributed by atoms with Crippen LogP contribution in [0, 0.1) is 12.3 Å². The molecule has 1 aliphatic heterocycles. The molecule has 6 nitrogen and oxygen atoms in total. The van der Waals surface area contributed by atoms with E-state index in [2.05, 4.69) is 5.10 Å². The highest BCUT2D eigenvalue weighted by Gasteiger charge is 2.70. The van der Waals surface area contributed by atoms with Crippen molar-refractivity contribution in [3.05, 3.63) is 40.7 Å². The van der Waals surface area contributed by atoms with Gasteiger partial charge in [-0.3, -0.25) is 4.79 Å². The molecule has 1 aliphatic carbocycles. The summed E-state index contributed by atoms with van der Waals surface area (Å²) in [6.45, 7) is 2.47. The molecule has 35 heavy (non-hydrogen) atoms. The quantitative estimate of drug-likeness (QED) is 0.511. The summed E-state index contributed by atoms with van der Waals surface area (Å²) in [6.07, 6.45) is -10.1. The van der Waals surface area contributed by atoms with E-state index in [1.165, 1.54) is 19.9 Å². The normalized spacial score (nSPS) is 22.5. The van der Waals surface area contributed by atoms with E-state index >= 15 is 0 Å². The summed E-state index contributed by atoms with van der Waals surface area (Å²) in [6, 6.07) is 3.61. The lowest BCUT2D eigenvalue weighted by molar-refractivity contribution is -0.198. The number of halogens is 7. The summed E-state index contributed by atoms with van der Waals surface area (Å²) in [7, 11) is -4.17. The zero-order valence-corrected chi connectivity index (χ0v) is 20.0. The maximum absolute atomic E-state index is 13.4. The first-order chi connectivity index (χ1) is 16.0. The van der Waals surface area contributed by atoms with E-state index in [1.807, 2.05) is 0 Å². The van der Waals surface area contributed by atoms with Crippen LogP contribution in [-0.4, -0.2) is 53.0 Å². The number of likely N-dealkylation sites (tertiary alicyclic amines) is 1. The molecular formula is C21H20ClF6N3O3S. The second-order valence-electron chi connectivity index (χ2n) is 8.98. The van der Waals surface area contributed by atoms with Gasteiger partial charge in [-0.2, -0.15) is 31.4 Å². The maximum Gasteiger partial charge on any atom is 0.435 e. The van der Waals surface area contributed by atoms with Crippen molar-refractivity contribution in [1.82, 2.24) is 14.7 Å². The van der Waals surface area contributed by atoms with Gasteiger partial charge in [0.15, 0.2) is 15.5 Å². The molecule has 0 spiro atoms. The van der Waals surface area contributed by atoms with Gasteiger partial charge in [0.2, 0.25) is 5.91 Å². The Balaban J connectivity index is 1.59. The first kappa shape index (κ1) is 25.8. The van der Waals surface area contributed by atoms with Gasteiger partial charge in [0, 0.05) is 18.3 Å². The van der Waals surface area contributed by atoms with Crippen molar-refractivity contribution in [2.75, 3.05) is 6.54 Å². The van der Waals surface area contributed by atoms with Crippen LogP contribution in [0.5, 0.6) is 0 Å². The second-order valence-corrected chi connectivity index (χ2v) is 11.6. The van der Waals surface area contributed by atoms with E-state index in [1.54, 1.807) is 0 Å². The minimum Gasteiger partial charge on any atom is -0.338 e. The van der Waals surface area contributed by atoms with Crippen LogP contribution in [0.25, 0.3) is 5.69 Å². The lowest BCUT2D eigenvalue weighted by Gasteiger charge is -2.28. The van der Waals surface area contributed by atoms with Crippen LogP contribution in [-0.2, 0) is 20.8 Å². The van der Waals surface area contributed by atoms with E-state index in [4.69, 9.17) is 11.6 Å². The number of alkyl halides is 6. The average molecular weight is 544 g/mol. The van der Waals surface area contributed by atoms with Gasteiger partial charge in [0.1, 0.15) is 5.41 Å². The number of rotatable bonds is 4. The van der Waals surface area contributed by atoms with Crippen molar-refractivity contribution >= 4 is 27.3 Å². The van der Waals surface area contributed by atoms with Crippen LogP contribution in [0.15, 0.2) is 29.2 Å². The molecule has 1 aromatic heterocycles. The molecule has 2 heterocycles. The zero-order chi connectivity index (χ0) is 26.1. The largest absolute Gasteiger partial charge is 0.435 e. The van der Waals surface area contributed by atoms with E-state index < -0.39 is 57.0 Å². The third-order valence-electron chi connectivity index (χ3n) is 6.58. The number of amides is 1. The SMILES string of the molecule is Cc1cc(C(F)(F)F)nn1-c1ccc(S(=O)(=O)C2C[C@@H](C)N(C(=O)C3(C(F)(F)F)CC3)C2)c(Cl)c1. The summed E-state index contributed by atoms with van der Waals surface area (Å²) in [5.41, 5.74) is -3.34. The molecule has 1 saturated carbocycles. The molecule has 1 aromatic carbocycles. The molecule has 1 unspecified atom stereocenters. The highest BCUT2D eigenvalue weighted by molar-refractivity contribution is 7.92. The standard InChI is InChI=1S/C21H20ClF6N3O3S/c1-11-7-14(10-30(11)18(32)19(5-6-19)21(26,27)28)35(33,34)16-4-3-13(9-15(16)22)31-12(2)8-17(29-31)20(23,24)25/h3-4,8-9,11,14H,5-7,10H2,1-2H3/t11-,14?/m1/s1. The lowest BCUT2D eigenvalue weighted by Crippen LogP contribution is -2.46. The number of carbonyl (C=O) groups excluding carboxylic acids is 1. The molecule has 192 valence electrons. The summed E-state index contributed by atoms with van der Waals surface area (Å²) < 4.78 is 107. The molecule has 2 fully saturated rings. The van der Waals surface area contributed by atoms with Crippen LogP contribution < -0.4 is 0 Å². The molecule has 1 saturated heterocycles. The summed E-state index contributed by atoms with van der Waals surface area (Å²) in [5.74, 6) is -1.12. The van der Waals surface area contributed by atoms with Crippen LogP contribution in [0.2, 0.25) is 5.02 Å². The maximum atomic E-state index is 13.4.